The minimum Gasteiger partial charge on any atom is -0.337 e. The third-order valence-corrected chi connectivity index (χ3v) is 6.88. The van der Waals surface area contributed by atoms with Crippen LogP contribution in [0.15, 0.2) is 27.7 Å². The van der Waals surface area contributed by atoms with Crippen LogP contribution in [-0.2, 0) is 11.3 Å². The summed E-state index contributed by atoms with van der Waals surface area (Å²) < 4.78 is 0. The average molecular weight is 376 g/mol. The molecule has 2 fully saturated rings. The van der Waals surface area contributed by atoms with Crippen LogP contribution in [0.4, 0.5) is 0 Å². The molecular formula is C18H21N3O2S2. The second-order valence-electron chi connectivity index (χ2n) is 7.03. The molecule has 4 rings (SSSR count). The Balaban J connectivity index is 1.38. The molecule has 0 N–H and O–H groups in total. The molecule has 5 nitrogen and oxygen atoms in total. The standard InChI is InChI=1S/C18H21N3O2S2/c1-13(22)21(9-14-2-7-24-10-14)16-8-18(16)3-5-20(6-4-18)17(23)15-11-25-12-19-15/h2,7,10-12,16H,3-6,8-9H2,1H3/t16-/m1/s1. The first kappa shape index (κ1) is 16.7. The number of piperidine rings is 1. The van der Waals surface area contributed by atoms with Crippen LogP contribution in [0, 0.1) is 5.41 Å². The molecule has 0 radical (unpaired) electrons. The monoisotopic (exact) mass is 375 g/mol. The quantitative estimate of drug-likeness (QED) is 0.824. The molecule has 1 atom stereocenters. The van der Waals surface area contributed by atoms with Crippen molar-refractivity contribution in [1.82, 2.24) is 14.8 Å². The molecule has 0 aromatic carbocycles. The first-order valence-electron chi connectivity index (χ1n) is 8.55. The van der Waals surface area contributed by atoms with E-state index in [2.05, 4.69) is 21.8 Å². The Morgan fingerprint density at radius 3 is 2.72 bits per heavy atom. The number of likely N-dealkylation sites (tertiary alicyclic amines) is 1. The Bertz CT molecular complexity index is 749. The number of carbonyl (C=O) groups excluding carboxylic acids is 2. The zero-order chi connectivity index (χ0) is 17.4. The van der Waals surface area contributed by atoms with Gasteiger partial charge in [0.15, 0.2) is 0 Å². The van der Waals surface area contributed by atoms with Crippen LogP contribution in [0.2, 0.25) is 0 Å². The summed E-state index contributed by atoms with van der Waals surface area (Å²) in [6.45, 7) is 3.89. The normalized spacial score (nSPS) is 21.3. The molecule has 1 spiro atoms. The van der Waals surface area contributed by atoms with E-state index in [1.165, 1.54) is 16.9 Å². The van der Waals surface area contributed by atoms with E-state index in [0.29, 0.717) is 18.3 Å². The van der Waals surface area contributed by atoms with E-state index in [4.69, 9.17) is 0 Å². The maximum Gasteiger partial charge on any atom is 0.273 e. The zero-order valence-electron chi connectivity index (χ0n) is 14.2. The van der Waals surface area contributed by atoms with Gasteiger partial charge in [0.2, 0.25) is 5.91 Å². The Morgan fingerprint density at radius 1 is 1.32 bits per heavy atom. The third kappa shape index (κ3) is 3.22. The van der Waals surface area contributed by atoms with Gasteiger partial charge in [0, 0.05) is 38.0 Å². The minimum absolute atomic E-state index is 0.0370. The van der Waals surface area contributed by atoms with Gasteiger partial charge < -0.3 is 9.80 Å². The lowest BCUT2D eigenvalue weighted by molar-refractivity contribution is -0.130. The smallest absolute Gasteiger partial charge is 0.273 e. The zero-order valence-corrected chi connectivity index (χ0v) is 15.8. The SMILES string of the molecule is CC(=O)N(Cc1ccsc1)[C@@H]1CC12CCN(C(=O)c1cscn1)CC2. The van der Waals surface area contributed by atoms with Crippen LogP contribution in [0.25, 0.3) is 0 Å². The number of thiophene rings is 1. The fourth-order valence-corrected chi connectivity index (χ4v) is 5.15. The minimum atomic E-state index is 0.0370. The molecule has 2 aromatic rings. The molecule has 3 heterocycles. The summed E-state index contributed by atoms with van der Waals surface area (Å²) in [4.78, 5) is 32.7. The van der Waals surface area contributed by atoms with Gasteiger partial charge in [-0.05, 0) is 47.1 Å². The van der Waals surface area contributed by atoms with E-state index in [1.807, 2.05) is 15.2 Å². The van der Waals surface area contributed by atoms with E-state index in [9.17, 15) is 9.59 Å². The first-order valence-corrected chi connectivity index (χ1v) is 10.4. The number of rotatable bonds is 4. The Hall–Kier alpha value is -1.73. The lowest BCUT2D eigenvalue weighted by Crippen LogP contribution is -2.42. The second-order valence-corrected chi connectivity index (χ2v) is 8.53. The molecule has 1 aliphatic carbocycles. The van der Waals surface area contributed by atoms with Crippen molar-refractivity contribution in [3.05, 3.63) is 39.0 Å². The molecule has 1 aliphatic heterocycles. The van der Waals surface area contributed by atoms with E-state index in [1.54, 1.807) is 23.8 Å². The maximum atomic E-state index is 12.4. The highest BCUT2D eigenvalue weighted by Gasteiger charge is 2.58. The molecule has 2 aliphatic rings. The molecule has 1 saturated heterocycles. The van der Waals surface area contributed by atoms with E-state index >= 15 is 0 Å². The van der Waals surface area contributed by atoms with Crippen molar-refractivity contribution in [2.75, 3.05) is 13.1 Å². The Kier molecular flexibility index (Phi) is 4.37. The van der Waals surface area contributed by atoms with Crippen molar-refractivity contribution < 1.29 is 9.59 Å². The topological polar surface area (TPSA) is 53.5 Å². The molecule has 0 unspecified atom stereocenters. The molecule has 0 bridgehead atoms. The van der Waals surface area contributed by atoms with E-state index in [-0.39, 0.29) is 17.2 Å². The average Bonchev–Trinajstić information content (AvgIpc) is 3.07. The van der Waals surface area contributed by atoms with E-state index in [0.717, 1.165) is 32.4 Å². The van der Waals surface area contributed by atoms with Crippen molar-refractivity contribution in [3.63, 3.8) is 0 Å². The van der Waals surface area contributed by atoms with Gasteiger partial charge in [0.05, 0.1) is 5.51 Å². The molecule has 7 heteroatoms. The van der Waals surface area contributed by atoms with Crippen LogP contribution in [-0.4, -0.2) is 45.7 Å². The Morgan fingerprint density at radius 2 is 2.12 bits per heavy atom. The van der Waals surface area contributed by atoms with Crippen molar-refractivity contribution in [3.8, 4) is 0 Å². The number of hydrogen-bond donors (Lipinski definition) is 0. The summed E-state index contributed by atoms with van der Waals surface area (Å²) >= 11 is 3.12. The molecule has 25 heavy (non-hydrogen) atoms. The lowest BCUT2D eigenvalue weighted by atomic mass is 9.92. The van der Waals surface area contributed by atoms with Gasteiger partial charge in [-0.25, -0.2) is 4.98 Å². The molecular weight excluding hydrogens is 354 g/mol. The first-order chi connectivity index (χ1) is 12.1. The lowest BCUT2D eigenvalue weighted by Gasteiger charge is -2.34. The van der Waals surface area contributed by atoms with Crippen molar-refractivity contribution in [2.24, 2.45) is 5.41 Å². The summed E-state index contributed by atoms with van der Waals surface area (Å²) in [7, 11) is 0. The van der Waals surface area contributed by atoms with Crippen molar-refractivity contribution in [2.45, 2.75) is 38.8 Å². The van der Waals surface area contributed by atoms with Crippen LogP contribution in [0.5, 0.6) is 0 Å². The number of nitrogens with zero attached hydrogens (tertiary/aromatic N) is 3. The highest BCUT2D eigenvalue weighted by Crippen LogP contribution is 2.57. The van der Waals surface area contributed by atoms with Crippen LogP contribution >= 0.6 is 22.7 Å². The van der Waals surface area contributed by atoms with Gasteiger partial charge in [-0.15, -0.1) is 11.3 Å². The predicted molar refractivity (Wildman–Crippen MR) is 98.6 cm³/mol. The van der Waals surface area contributed by atoms with Crippen LogP contribution < -0.4 is 0 Å². The number of hydrogen-bond acceptors (Lipinski definition) is 5. The summed E-state index contributed by atoms with van der Waals surface area (Å²) in [5, 5.41) is 5.98. The fourth-order valence-electron chi connectivity index (χ4n) is 3.96. The predicted octanol–water partition coefficient (Wildman–Crippen LogP) is 3.25. The number of carbonyl (C=O) groups is 2. The van der Waals surface area contributed by atoms with Gasteiger partial charge in [0.25, 0.3) is 5.91 Å². The summed E-state index contributed by atoms with van der Waals surface area (Å²) in [5.74, 6) is 0.184. The molecule has 2 aromatic heterocycles. The third-order valence-electron chi connectivity index (χ3n) is 5.56. The second kappa shape index (κ2) is 6.53. The molecule has 1 saturated carbocycles. The highest BCUT2D eigenvalue weighted by molar-refractivity contribution is 7.08. The fraction of sp³-hybridized carbons (Fsp3) is 0.500. The maximum absolute atomic E-state index is 12.4. The van der Waals surface area contributed by atoms with Crippen molar-refractivity contribution in [1.29, 1.82) is 0 Å². The van der Waals surface area contributed by atoms with Crippen LogP contribution in [0.3, 0.4) is 0 Å². The number of thiazole rings is 1. The number of aromatic nitrogens is 1. The van der Waals surface area contributed by atoms with E-state index < -0.39 is 0 Å². The van der Waals surface area contributed by atoms with Gasteiger partial charge in [-0.3, -0.25) is 9.59 Å². The number of amides is 2. The largest absolute Gasteiger partial charge is 0.337 e. The van der Waals surface area contributed by atoms with Crippen LogP contribution in [0.1, 0.15) is 42.2 Å². The Labute approximate surface area is 155 Å². The highest BCUT2D eigenvalue weighted by atomic mass is 32.1. The van der Waals surface area contributed by atoms with Gasteiger partial charge in [0.1, 0.15) is 5.69 Å². The summed E-state index contributed by atoms with van der Waals surface area (Å²) in [5.41, 5.74) is 3.67. The summed E-state index contributed by atoms with van der Waals surface area (Å²) in [6, 6.07) is 2.41. The van der Waals surface area contributed by atoms with Gasteiger partial charge in [-0.1, -0.05) is 0 Å². The van der Waals surface area contributed by atoms with Gasteiger partial charge >= 0.3 is 0 Å². The molecule has 132 valence electrons. The van der Waals surface area contributed by atoms with Gasteiger partial charge in [-0.2, -0.15) is 11.3 Å². The molecule has 2 amide bonds. The summed E-state index contributed by atoms with van der Waals surface area (Å²) in [6.07, 6.45) is 3.01. The van der Waals surface area contributed by atoms with Crippen molar-refractivity contribution >= 4 is 34.5 Å².